The zero-order chi connectivity index (χ0) is 27.3. The van der Waals surface area contributed by atoms with E-state index < -0.39 is 30.1 Å². The normalized spacial score (nSPS) is 16.1. The van der Waals surface area contributed by atoms with Gasteiger partial charge in [-0.05, 0) is 49.1 Å². The lowest BCUT2D eigenvalue weighted by Crippen LogP contribution is -2.51. The van der Waals surface area contributed by atoms with Crippen molar-refractivity contribution in [2.24, 2.45) is 10.7 Å². The number of guanidine groups is 1. The van der Waals surface area contributed by atoms with Gasteiger partial charge in [-0.2, -0.15) is 0 Å². The molecule has 0 radical (unpaired) electrons. The Morgan fingerprint density at radius 3 is 2.68 bits per heavy atom. The van der Waals surface area contributed by atoms with Gasteiger partial charge in [-0.25, -0.2) is 9.59 Å². The van der Waals surface area contributed by atoms with Crippen molar-refractivity contribution in [3.8, 4) is 0 Å². The van der Waals surface area contributed by atoms with Gasteiger partial charge in [-0.3, -0.25) is 19.9 Å². The summed E-state index contributed by atoms with van der Waals surface area (Å²) in [5.41, 5.74) is 6.52. The van der Waals surface area contributed by atoms with Crippen molar-refractivity contribution in [2.45, 2.75) is 57.2 Å². The number of carbonyl (C=O) groups is 4. The molecule has 2 heterocycles. The molecule has 1 aromatic heterocycles. The molecule has 0 unspecified atom stereocenters. The Balaban J connectivity index is 1.40. The second kappa shape index (κ2) is 14.7. The molecule has 1 aliphatic heterocycles. The van der Waals surface area contributed by atoms with E-state index in [9.17, 15) is 24.3 Å². The van der Waals surface area contributed by atoms with E-state index in [1.807, 2.05) is 47.8 Å². The third kappa shape index (κ3) is 9.18. The summed E-state index contributed by atoms with van der Waals surface area (Å²) in [6.07, 6.45) is 1.76. The van der Waals surface area contributed by atoms with Crippen LogP contribution in [0, 0.1) is 0 Å². The fourth-order valence-electron chi connectivity index (χ4n) is 4.09. The fraction of sp³-hybridized carbons (Fsp3) is 0.423. The SMILES string of the molecule is NC(=NCCC[C@H](NC(=O)[C@@H]1CCCN1C(=O)CCc1cccs1)C(=O)O)NC(=O)OCc1ccccc1. The van der Waals surface area contributed by atoms with Gasteiger partial charge < -0.3 is 25.8 Å². The minimum Gasteiger partial charge on any atom is -0.480 e. The number of aryl methyl sites for hydroxylation is 1. The molecule has 1 fully saturated rings. The number of hydrogen-bond acceptors (Lipinski definition) is 7. The summed E-state index contributed by atoms with van der Waals surface area (Å²) >= 11 is 1.58. The molecule has 3 amide bonds. The van der Waals surface area contributed by atoms with Gasteiger partial charge in [-0.15, -0.1) is 11.3 Å². The maximum Gasteiger partial charge on any atom is 0.414 e. The van der Waals surface area contributed by atoms with Crippen LogP contribution in [0.5, 0.6) is 0 Å². The van der Waals surface area contributed by atoms with E-state index in [0.29, 0.717) is 38.6 Å². The van der Waals surface area contributed by atoms with Gasteiger partial charge in [-0.1, -0.05) is 36.4 Å². The van der Waals surface area contributed by atoms with E-state index in [1.165, 1.54) is 0 Å². The van der Waals surface area contributed by atoms with Crippen LogP contribution in [0.1, 0.15) is 42.5 Å². The smallest absolute Gasteiger partial charge is 0.414 e. The zero-order valence-corrected chi connectivity index (χ0v) is 21.8. The second-order valence-electron chi connectivity index (χ2n) is 8.82. The average Bonchev–Trinajstić information content (AvgIpc) is 3.61. The Bertz CT molecular complexity index is 1110. The Morgan fingerprint density at radius 2 is 1.97 bits per heavy atom. The standard InChI is InChI=1S/C26H33N5O6S/c27-25(30-26(36)37-17-18-7-2-1-3-8-18)28-14-4-10-20(24(34)35)29-23(33)21-11-5-15-31(21)22(32)13-12-19-9-6-16-38-19/h1-3,6-9,16,20-21H,4-5,10-15,17H2,(H,29,33)(H,34,35)(H3,27,28,30,36)/t20-,21-/m0/s1. The van der Waals surface area contributed by atoms with Crippen LogP contribution in [0.4, 0.5) is 4.79 Å². The second-order valence-corrected chi connectivity index (χ2v) is 9.85. The minimum atomic E-state index is -1.17. The molecule has 0 saturated carbocycles. The number of rotatable bonds is 12. The molecule has 11 nitrogen and oxygen atoms in total. The van der Waals surface area contributed by atoms with Crippen LogP contribution in [0.2, 0.25) is 0 Å². The maximum atomic E-state index is 12.9. The first-order chi connectivity index (χ1) is 18.3. The molecule has 204 valence electrons. The highest BCUT2D eigenvalue weighted by Crippen LogP contribution is 2.20. The lowest BCUT2D eigenvalue weighted by molar-refractivity contribution is -0.144. The number of aliphatic carboxylic acids is 1. The van der Waals surface area contributed by atoms with E-state index >= 15 is 0 Å². The van der Waals surface area contributed by atoms with Crippen molar-refractivity contribution in [2.75, 3.05) is 13.1 Å². The van der Waals surface area contributed by atoms with E-state index in [-0.39, 0.29) is 31.4 Å². The number of aliphatic imine (C=N–C) groups is 1. The minimum absolute atomic E-state index is 0.0819. The quantitative estimate of drug-likeness (QED) is 0.181. The van der Waals surface area contributed by atoms with Crippen molar-refractivity contribution in [3.05, 3.63) is 58.3 Å². The highest BCUT2D eigenvalue weighted by molar-refractivity contribution is 7.09. The molecular weight excluding hydrogens is 510 g/mol. The summed E-state index contributed by atoms with van der Waals surface area (Å²) in [4.78, 5) is 55.8. The Hall–Kier alpha value is -3.93. The molecule has 2 atom stereocenters. The molecule has 0 aliphatic carbocycles. The Morgan fingerprint density at radius 1 is 1.18 bits per heavy atom. The van der Waals surface area contributed by atoms with Crippen molar-refractivity contribution < 1.29 is 29.0 Å². The molecule has 5 N–H and O–H groups in total. The topological polar surface area (TPSA) is 163 Å². The van der Waals surface area contributed by atoms with Crippen molar-refractivity contribution >= 4 is 41.2 Å². The number of ether oxygens (including phenoxy) is 1. The number of carbonyl (C=O) groups excluding carboxylic acids is 3. The molecule has 0 spiro atoms. The van der Waals surface area contributed by atoms with Gasteiger partial charge in [0.1, 0.15) is 18.7 Å². The average molecular weight is 544 g/mol. The Kier molecular flexibility index (Phi) is 11.1. The van der Waals surface area contributed by atoms with Crippen LogP contribution in [-0.2, 0) is 32.1 Å². The number of alkyl carbamates (subject to hydrolysis) is 1. The summed E-state index contributed by atoms with van der Waals surface area (Å²) in [5, 5.41) is 16.4. The molecule has 2 aromatic rings. The summed E-state index contributed by atoms with van der Waals surface area (Å²) in [6, 6.07) is 11.2. The Labute approximate surface area is 225 Å². The molecule has 1 aromatic carbocycles. The van der Waals surface area contributed by atoms with Crippen LogP contribution < -0.4 is 16.4 Å². The highest BCUT2D eigenvalue weighted by Gasteiger charge is 2.35. The number of hydrogen-bond donors (Lipinski definition) is 4. The largest absolute Gasteiger partial charge is 0.480 e. The van der Waals surface area contributed by atoms with Crippen LogP contribution in [0.15, 0.2) is 52.8 Å². The van der Waals surface area contributed by atoms with Gasteiger partial charge >= 0.3 is 12.1 Å². The zero-order valence-electron chi connectivity index (χ0n) is 21.0. The first-order valence-corrected chi connectivity index (χ1v) is 13.3. The number of likely N-dealkylation sites (tertiary alicyclic amines) is 1. The van der Waals surface area contributed by atoms with E-state index in [1.54, 1.807) is 16.2 Å². The van der Waals surface area contributed by atoms with Gasteiger partial charge in [0.2, 0.25) is 11.8 Å². The summed E-state index contributed by atoms with van der Waals surface area (Å²) in [6.45, 7) is 0.702. The number of amides is 3. The van der Waals surface area contributed by atoms with Crippen molar-refractivity contribution in [1.29, 1.82) is 0 Å². The molecule has 38 heavy (non-hydrogen) atoms. The third-order valence-corrected chi connectivity index (χ3v) is 6.97. The summed E-state index contributed by atoms with van der Waals surface area (Å²) < 4.78 is 5.06. The predicted molar refractivity (Wildman–Crippen MR) is 142 cm³/mol. The molecule has 0 bridgehead atoms. The number of nitrogens with zero attached hydrogens (tertiary/aromatic N) is 2. The van der Waals surface area contributed by atoms with Crippen LogP contribution >= 0.6 is 11.3 Å². The maximum absolute atomic E-state index is 12.9. The first kappa shape index (κ1) is 28.6. The fourth-order valence-corrected chi connectivity index (χ4v) is 4.80. The summed E-state index contributed by atoms with van der Waals surface area (Å²) in [5.74, 6) is -1.90. The molecule has 1 aliphatic rings. The lowest BCUT2D eigenvalue weighted by atomic mass is 10.1. The number of nitrogens with one attached hydrogen (secondary N) is 2. The molecule has 3 rings (SSSR count). The number of thiophene rings is 1. The monoisotopic (exact) mass is 543 g/mol. The van der Waals surface area contributed by atoms with Gasteiger partial charge in [0.05, 0.1) is 0 Å². The molecule has 12 heteroatoms. The molecular formula is C26H33N5O6S. The van der Waals surface area contributed by atoms with Crippen LogP contribution in [0.25, 0.3) is 0 Å². The van der Waals surface area contributed by atoms with Gasteiger partial charge in [0.15, 0.2) is 5.96 Å². The highest BCUT2D eigenvalue weighted by atomic mass is 32.1. The molecule has 1 saturated heterocycles. The third-order valence-electron chi connectivity index (χ3n) is 6.03. The van der Waals surface area contributed by atoms with Gasteiger partial charge in [0, 0.05) is 24.4 Å². The summed E-state index contributed by atoms with van der Waals surface area (Å²) in [7, 11) is 0. The van der Waals surface area contributed by atoms with Crippen LogP contribution in [-0.4, -0.2) is 65.0 Å². The predicted octanol–water partition coefficient (Wildman–Crippen LogP) is 2.26. The van der Waals surface area contributed by atoms with Crippen LogP contribution in [0.3, 0.4) is 0 Å². The van der Waals surface area contributed by atoms with Crippen molar-refractivity contribution in [1.82, 2.24) is 15.5 Å². The van der Waals surface area contributed by atoms with E-state index in [2.05, 4.69) is 15.6 Å². The van der Waals surface area contributed by atoms with Crippen molar-refractivity contribution in [3.63, 3.8) is 0 Å². The number of nitrogens with two attached hydrogens (primary N) is 1. The number of benzene rings is 1. The number of carboxylic acid groups (broad SMARTS) is 1. The lowest BCUT2D eigenvalue weighted by Gasteiger charge is -2.25. The van der Waals surface area contributed by atoms with E-state index in [0.717, 1.165) is 10.4 Å². The van der Waals surface area contributed by atoms with Gasteiger partial charge in [0.25, 0.3) is 0 Å². The first-order valence-electron chi connectivity index (χ1n) is 12.5. The van der Waals surface area contributed by atoms with E-state index in [4.69, 9.17) is 10.5 Å². The number of carboxylic acids is 1.